The molecule has 4 rings (SSSR count). The second-order valence-corrected chi connectivity index (χ2v) is 9.53. The molecule has 0 atom stereocenters. The number of anilines is 1. The number of nitrogens with zero attached hydrogens (tertiary/aromatic N) is 3. The van der Waals surface area contributed by atoms with E-state index in [1.54, 1.807) is 18.1 Å². The van der Waals surface area contributed by atoms with E-state index in [1.165, 1.54) is 25.7 Å². The van der Waals surface area contributed by atoms with Crippen molar-refractivity contribution in [2.24, 2.45) is 0 Å². The standard InChI is InChI=1S/C23H30N4OS/c1-17(2)29-14-9-18-3-8-22-21(15-18)23(25-16-24-22)26-19-4-6-20(7-5-19)27-10-12-28-13-11-27/h3,8,15-17,19-20H,4-7,10-13H2,1-2H3,(H,24,25,26). The van der Waals surface area contributed by atoms with E-state index >= 15 is 0 Å². The zero-order valence-electron chi connectivity index (χ0n) is 17.4. The molecule has 2 aromatic rings. The van der Waals surface area contributed by atoms with Crippen molar-refractivity contribution in [3.05, 3.63) is 30.1 Å². The lowest BCUT2D eigenvalue weighted by atomic mass is 9.90. The van der Waals surface area contributed by atoms with Crippen molar-refractivity contribution in [2.45, 2.75) is 56.9 Å². The number of nitrogens with one attached hydrogen (secondary N) is 1. The predicted molar refractivity (Wildman–Crippen MR) is 121 cm³/mol. The quantitative estimate of drug-likeness (QED) is 0.765. The number of morpholine rings is 1. The summed E-state index contributed by atoms with van der Waals surface area (Å²) in [5.41, 5.74) is 1.98. The summed E-state index contributed by atoms with van der Waals surface area (Å²) in [6, 6.07) is 7.38. The first-order chi connectivity index (χ1) is 14.2. The molecular weight excluding hydrogens is 380 g/mol. The summed E-state index contributed by atoms with van der Waals surface area (Å²) in [6.07, 6.45) is 6.49. The summed E-state index contributed by atoms with van der Waals surface area (Å²) in [6.45, 7) is 8.24. The Balaban J connectivity index is 1.43. The molecule has 154 valence electrons. The highest BCUT2D eigenvalue weighted by molar-refractivity contribution is 8.04. The van der Waals surface area contributed by atoms with E-state index in [4.69, 9.17) is 4.74 Å². The minimum atomic E-state index is 0.469. The first-order valence-electron chi connectivity index (χ1n) is 10.7. The molecule has 2 heterocycles. The molecule has 1 aromatic carbocycles. The number of benzene rings is 1. The molecule has 1 aliphatic heterocycles. The Morgan fingerprint density at radius 2 is 1.93 bits per heavy atom. The van der Waals surface area contributed by atoms with E-state index in [-0.39, 0.29) is 0 Å². The number of fused-ring (bicyclic) bond motifs is 1. The van der Waals surface area contributed by atoms with Gasteiger partial charge in [-0.2, -0.15) is 0 Å². The third-order valence-corrected chi connectivity index (χ3v) is 6.42. The monoisotopic (exact) mass is 410 g/mol. The van der Waals surface area contributed by atoms with Gasteiger partial charge in [-0.3, -0.25) is 4.90 Å². The van der Waals surface area contributed by atoms with Gasteiger partial charge in [0.1, 0.15) is 12.1 Å². The minimum Gasteiger partial charge on any atom is -0.379 e. The molecule has 0 amide bonds. The van der Waals surface area contributed by atoms with Gasteiger partial charge in [0.15, 0.2) is 0 Å². The highest BCUT2D eigenvalue weighted by atomic mass is 32.2. The van der Waals surface area contributed by atoms with Gasteiger partial charge < -0.3 is 10.1 Å². The van der Waals surface area contributed by atoms with E-state index < -0.39 is 0 Å². The molecule has 1 saturated heterocycles. The van der Waals surface area contributed by atoms with Gasteiger partial charge in [-0.05, 0) is 49.1 Å². The van der Waals surface area contributed by atoms with Crippen LogP contribution in [0.15, 0.2) is 24.5 Å². The molecule has 1 aromatic heterocycles. The highest BCUT2D eigenvalue weighted by Crippen LogP contribution is 2.28. The smallest absolute Gasteiger partial charge is 0.137 e. The number of thioether (sulfide) groups is 1. The molecule has 1 saturated carbocycles. The highest BCUT2D eigenvalue weighted by Gasteiger charge is 2.27. The van der Waals surface area contributed by atoms with E-state index in [1.807, 2.05) is 12.1 Å². The van der Waals surface area contributed by atoms with Crippen LogP contribution in [0.1, 0.15) is 45.1 Å². The lowest BCUT2D eigenvalue weighted by Gasteiger charge is -2.39. The second kappa shape index (κ2) is 9.80. The Morgan fingerprint density at radius 1 is 1.14 bits per heavy atom. The molecule has 0 spiro atoms. The van der Waals surface area contributed by atoms with Crippen LogP contribution in [0, 0.1) is 11.2 Å². The van der Waals surface area contributed by atoms with Crippen LogP contribution in [0.3, 0.4) is 0 Å². The van der Waals surface area contributed by atoms with Crippen molar-refractivity contribution < 1.29 is 4.74 Å². The largest absolute Gasteiger partial charge is 0.379 e. The van der Waals surface area contributed by atoms with Gasteiger partial charge in [0, 0.05) is 41.4 Å². The van der Waals surface area contributed by atoms with Crippen LogP contribution in [0.4, 0.5) is 5.82 Å². The first-order valence-corrected chi connectivity index (χ1v) is 11.6. The van der Waals surface area contributed by atoms with Gasteiger partial charge in [0.2, 0.25) is 0 Å². The predicted octanol–water partition coefficient (Wildman–Crippen LogP) is 4.14. The SMILES string of the molecule is CC(C)SC#Cc1ccc2ncnc(NC3CCC(N4CCOCC4)CC3)c2c1. The van der Waals surface area contributed by atoms with Crippen molar-refractivity contribution in [3.8, 4) is 11.2 Å². The van der Waals surface area contributed by atoms with Gasteiger partial charge in [-0.25, -0.2) is 9.97 Å². The maximum atomic E-state index is 5.50. The Labute approximate surface area is 178 Å². The van der Waals surface area contributed by atoms with Crippen LogP contribution in [0.5, 0.6) is 0 Å². The molecule has 29 heavy (non-hydrogen) atoms. The summed E-state index contributed by atoms with van der Waals surface area (Å²) in [5.74, 6) is 4.19. The third kappa shape index (κ3) is 5.42. The van der Waals surface area contributed by atoms with Crippen LogP contribution < -0.4 is 5.32 Å². The number of aromatic nitrogens is 2. The molecule has 5 nitrogen and oxygen atoms in total. The van der Waals surface area contributed by atoms with Crippen molar-refractivity contribution in [1.82, 2.24) is 14.9 Å². The second-order valence-electron chi connectivity index (χ2n) is 8.15. The average Bonchev–Trinajstić information content (AvgIpc) is 2.75. The summed E-state index contributed by atoms with van der Waals surface area (Å²) in [5, 5.41) is 8.47. The summed E-state index contributed by atoms with van der Waals surface area (Å²) >= 11 is 1.66. The van der Waals surface area contributed by atoms with E-state index in [2.05, 4.69) is 51.3 Å². The zero-order valence-corrected chi connectivity index (χ0v) is 18.2. The summed E-state index contributed by atoms with van der Waals surface area (Å²) in [4.78, 5) is 11.6. The van der Waals surface area contributed by atoms with Crippen LogP contribution in [-0.2, 0) is 4.74 Å². The number of hydrogen-bond donors (Lipinski definition) is 1. The van der Waals surface area contributed by atoms with Crippen molar-refractivity contribution in [1.29, 1.82) is 0 Å². The molecule has 1 aliphatic carbocycles. The van der Waals surface area contributed by atoms with Gasteiger partial charge in [0.25, 0.3) is 0 Å². The van der Waals surface area contributed by atoms with Crippen LogP contribution in [0.2, 0.25) is 0 Å². The van der Waals surface area contributed by atoms with Crippen LogP contribution in [-0.4, -0.2) is 58.5 Å². The first kappa shape index (κ1) is 20.5. The van der Waals surface area contributed by atoms with E-state index in [0.717, 1.165) is 48.6 Å². The normalized spacial score (nSPS) is 23.0. The number of rotatable bonds is 4. The van der Waals surface area contributed by atoms with Gasteiger partial charge in [-0.1, -0.05) is 31.5 Å². The molecule has 1 N–H and O–H groups in total. The van der Waals surface area contributed by atoms with Crippen molar-refractivity contribution in [3.63, 3.8) is 0 Å². The minimum absolute atomic E-state index is 0.469. The summed E-state index contributed by atoms with van der Waals surface area (Å²) in [7, 11) is 0. The van der Waals surface area contributed by atoms with Gasteiger partial charge in [-0.15, -0.1) is 0 Å². The van der Waals surface area contributed by atoms with Crippen molar-refractivity contribution >= 4 is 28.5 Å². The maximum Gasteiger partial charge on any atom is 0.137 e. The Hall–Kier alpha value is -1.81. The molecule has 2 aliphatic rings. The van der Waals surface area contributed by atoms with E-state index in [0.29, 0.717) is 17.3 Å². The maximum absolute atomic E-state index is 5.50. The van der Waals surface area contributed by atoms with Crippen molar-refractivity contribution in [2.75, 3.05) is 31.6 Å². The average molecular weight is 411 g/mol. The molecule has 0 unspecified atom stereocenters. The fraction of sp³-hybridized carbons (Fsp3) is 0.565. The van der Waals surface area contributed by atoms with Gasteiger partial charge >= 0.3 is 0 Å². The summed E-state index contributed by atoms with van der Waals surface area (Å²) < 4.78 is 5.50. The fourth-order valence-corrected chi connectivity index (χ4v) is 4.59. The zero-order chi connectivity index (χ0) is 20.1. The van der Waals surface area contributed by atoms with Gasteiger partial charge in [0.05, 0.1) is 18.7 Å². The van der Waals surface area contributed by atoms with E-state index in [9.17, 15) is 0 Å². The molecular formula is C23H30N4OS. The molecule has 6 heteroatoms. The Morgan fingerprint density at radius 3 is 2.69 bits per heavy atom. The lowest BCUT2D eigenvalue weighted by Crippen LogP contribution is -2.46. The third-order valence-electron chi connectivity index (χ3n) is 5.72. The van der Waals surface area contributed by atoms with Crippen LogP contribution in [0.25, 0.3) is 10.9 Å². The Bertz CT molecular complexity index is 877. The lowest BCUT2D eigenvalue weighted by molar-refractivity contribution is 0.00791. The molecule has 2 fully saturated rings. The van der Waals surface area contributed by atoms with Crippen LogP contribution >= 0.6 is 11.8 Å². The number of ether oxygens (including phenoxy) is 1. The number of hydrogen-bond acceptors (Lipinski definition) is 6. The fourth-order valence-electron chi connectivity index (χ4n) is 4.18. The Kier molecular flexibility index (Phi) is 6.91. The molecule has 0 radical (unpaired) electrons. The topological polar surface area (TPSA) is 50.3 Å². The molecule has 0 bridgehead atoms.